The van der Waals surface area contributed by atoms with Crippen LogP contribution in [-0.2, 0) is 0 Å². The molecule has 28 heavy (non-hydrogen) atoms. The molecule has 0 aliphatic carbocycles. The predicted octanol–water partition coefficient (Wildman–Crippen LogP) is 3.98. The van der Waals surface area contributed by atoms with Crippen LogP contribution in [-0.4, -0.2) is 41.4 Å². The highest BCUT2D eigenvalue weighted by Crippen LogP contribution is 2.40. The van der Waals surface area contributed by atoms with E-state index in [-0.39, 0.29) is 28.2 Å². The Bertz CT molecular complexity index is 993. The van der Waals surface area contributed by atoms with Crippen molar-refractivity contribution in [2.24, 2.45) is 0 Å². The van der Waals surface area contributed by atoms with Crippen molar-refractivity contribution < 1.29 is 19.4 Å². The molecule has 6 nitrogen and oxygen atoms in total. The third-order valence-electron chi connectivity index (χ3n) is 4.73. The molecule has 2 N–H and O–H groups in total. The van der Waals surface area contributed by atoms with Crippen LogP contribution in [0.3, 0.4) is 0 Å². The lowest BCUT2D eigenvalue weighted by molar-refractivity contribution is 0.243. The number of rotatable bonds is 8. The third-order valence-corrected chi connectivity index (χ3v) is 4.73. The van der Waals surface area contributed by atoms with Crippen LogP contribution in [0.1, 0.15) is 20.3 Å². The number of nitrogens with zero attached hydrogens (tertiary/aromatic N) is 1. The van der Waals surface area contributed by atoms with Crippen LogP contribution in [0.2, 0.25) is 0 Å². The van der Waals surface area contributed by atoms with Gasteiger partial charge in [0.05, 0.1) is 6.61 Å². The molecule has 0 amide bonds. The van der Waals surface area contributed by atoms with E-state index >= 15 is 0 Å². The average molecular weight is 383 g/mol. The van der Waals surface area contributed by atoms with Crippen LogP contribution >= 0.6 is 0 Å². The fraction of sp³-hybridized carbons (Fsp3) is 0.318. The average Bonchev–Trinajstić information content (AvgIpc) is 2.70. The molecule has 0 unspecified atom stereocenters. The number of phenolic OH excluding ortho intramolecular Hbond substituents is 2. The second kappa shape index (κ2) is 8.80. The molecule has 0 atom stereocenters. The highest BCUT2D eigenvalue weighted by atomic mass is 16.5. The minimum Gasteiger partial charge on any atom is -0.507 e. The van der Waals surface area contributed by atoms with Crippen LogP contribution in [0.15, 0.2) is 51.7 Å². The molecule has 3 aromatic rings. The van der Waals surface area contributed by atoms with Gasteiger partial charge in [-0.15, -0.1) is 0 Å². The summed E-state index contributed by atoms with van der Waals surface area (Å²) in [6, 6.07) is 11.6. The van der Waals surface area contributed by atoms with E-state index in [0.29, 0.717) is 12.4 Å². The summed E-state index contributed by atoms with van der Waals surface area (Å²) in [5.74, 6) is -0.184. The Morgan fingerprint density at radius 1 is 1.04 bits per heavy atom. The summed E-state index contributed by atoms with van der Waals surface area (Å²) in [6.07, 6.45) is 0.756. The van der Waals surface area contributed by atoms with Gasteiger partial charge in [0.1, 0.15) is 16.9 Å². The lowest BCUT2D eigenvalue weighted by atomic mass is 10.1. The van der Waals surface area contributed by atoms with Gasteiger partial charge in [-0.2, -0.15) is 0 Å². The van der Waals surface area contributed by atoms with E-state index < -0.39 is 5.43 Å². The first-order valence-corrected chi connectivity index (χ1v) is 9.48. The number of ether oxygens (including phenoxy) is 1. The second-order valence-electron chi connectivity index (χ2n) is 6.52. The van der Waals surface area contributed by atoms with E-state index in [2.05, 4.69) is 18.7 Å². The highest BCUT2D eigenvalue weighted by molar-refractivity contribution is 5.91. The molecule has 0 radical (unpaired) electrons. The van der Waals surface area contributed by atoms with Gasteiger partial charge >= 0.3 is 0 Å². The predicted molar refractivity (Wildman–Crippen MR) is 109 cm³/mol. The highest BCUT2D eigenvalue weighted by Gasteiger charge is 2.19. The van der Waals surface area contributed by atoms with Gasteiger partial charge in [0, 0.05) is 24.2 Å². The second-order valence-corrected chi connectivity index (χ2v) is 6.52. The lowest BCUT2D eigenvalue weighted by Crippen LogP contribution is -2.25. The molecule has 0 saturated carbocycles. The maximum atomic E-state index is 12.6. The Kier molecular flexibility index (Phi) is 6.21. The van der Waals surface area contributed by atoms with Gasteiger partial charge in [0.15, 0.2) is 16.8 Å². The van der Waals surface area contributed by atoms with Gasteiger partial charge in [-0.05, 0) is 19.5 Å². The summed E-state index contributed by atoms with van der Waals surface area (Å²) in [5.41, 5.74) is 0.370. The van der Waals surface area contributed by atoms with Gasteiger partial charge in [0.2, 0.25) is 5.75 Å². The van der Waals surface area contributed by atoms with Crippen LogP contribution in [0, 0.1) is 0 Å². The van der Waals surface area contributed by atoms with Gasteiger partial charge in [-0.25, -0.2) is 0 Å². The molecule has 1 aromatic heterocycles. The Labute approximate surface area is 163 Å². The number of fused-ring (bicyclic) bond motifs is 1. The number of aromatic hydroxyl groups is 2. The minimum absolute atomic E-state index is 0.00350. The van der Waals surface area contributed by atoms with Crippen LogP contribution in [0.5, 0.6) is 17.2 Å². The monoisotopic (exact) mass is 383 g/mol. The molecule has 0 fully saturated rings. The molecule has 0 spiro atoms. The van der Waals surface area contributed by atoms with Gasteiger partial charge in [0.25, 0.3) is 0 Å². The molecule has 2 aromatic carbocycles. The number of hydrogen-bond acceptors (Lipinski definition) is 6. The van der Waals surface area contributed by atoms with Crippen molar-refractivity contribution >= 4 is 11.0 Å². The fourth-order valence-electron chi connectivity index (χ4n) is 3.17. The van der Waals surface area contributed by atoms with Crippen molar-refractivity contribution in [3.8, 4) is 28.6 Å². The van der Waals surface area contributed by atoms with E-state index in [1.807, 2.05) is 30.3 Å². The maximum absolute atomic E-state index is 12.6. The SMILES string of the molecule is CCN(CC)CCCOc1c(O)cc(O)c2c(=O)cc(-c3ccccc3)oc12. The maximum Gasteiger partial charge on any atom is 0.205 e. The smallest absolute Gasteiger partial charge is 0.205 e. The molecule has 148 valence electrons. The molecule has 0 saturated heterocycles. The van der Waals surface area contributed by atoms with Gasteiger partial charge in [-0.1, -0.05) is 44.2 Å². The third kappa shape index (κ3) is 4.12. The summed E-state index contributed by atoms with van der Waals surface area (Å²) >= 11 is 0. The molecule has 1 heterocycles. The molecule has 6 heteroatoms. The quantitative estimate of drug-likeness (QED) is 0.573. The van der Waals surface area contributed by atoms with E-state index in [0.717, 1.165) is 37.7 Å². The van der Waals surface area contributed by atoms with Crippen molar-refractivity contribution in [2.75, 3.05) is 26.2 Å². The molecule has 0 aliphatic rings. The van der Waals surface area contributed by atoms with Crippen molar-refractivity contribution in [1.29, 1.82) is 0 Å². The summed E-state index contributed by atoms with van der Waals surface area (Å²) in [6.45, 7) is 7.33. The minimum atomic E-state index is -0.398. The first-order chi connectivity index (χ1) is 13.5. The number of phenols is 2. The van der Waals surface area contributed by atoms with E-state index in [1.54, 1.807) is 0 Å². The normalized spacial score (nSPS) is 11.2. The molecular weight excluding hydrogens is 358 g/mol. The van der Waals surface area contributed by atoms with Crippen LogP contribution < -0.4 is 10.2 Å². The molecule has 0 bridgehead atoms. The van der Waals surface area contributed by atoms with Crippen molar-refractivity contribution in [2.45, 2.75) is 20.3 Å². The summed E-state index contributed by atoms with van der Waals surface area (Å²) in [5, 5.41) is 20.4. The van der Waals surface area contributed by atoms with E-state index in [4.69, 9.17) is 9.15 Å². The topological polar surface area (TPSA) is 83.1 Å². The first kappa shape index (κ1) is 19.8. The summed E-state index contributed by atoms with van der Waals surface area (Å²) < 4.78 is 11.7. The molecular formula is C22H25NO5. The zero-order valence-corrected chi connectivity index (χ0v) is 16.1. The summed E-state index contributed by atoms with van der Waals surface area (Å²) in [7, 11) is 0. The Morgan fingerprint density at radius 3 is 2.43 bits per heavy atom. The number of hydrogen-bond donors (Lipinski definition) is 2. The van der Waals surface area contributed by atoms with E-state index in [1.165, 1.54) is 6.07 Å². The Hall–Kier alpha value is -2.99. The van der Waals surface area contributed by atoms with Gasteiger partial charge in [-0.3, -0.25) is 4.79 Å². The summed E-state index contributed by atoms with van der Waals surface area (Å²) in [4.78, 5) is 14.9. The van der Waals surface area contributed by atoms with Crippen molar-refractivity contribution in [1.82, 2.24) is 4.90 Å². The zero-order valence-electron chi connectivity index (χ0n) is 16.1. The first-order valence-electron chi connectivity index (χ1n) is 9.48. The standard InChI is InChI=1S/C22H25NO5/c1-3-23(4-2)11-8-12-27-21-18(26)13-16(24)20-17(25)14-19(28-22(20)21)15-9-6-5-7-10-15/h5-7,9-10,13-14,24,26H,3-4,8,11-12H2,1-2H3. The largest absolute Gasteiger partial charge is 0.507 e. The van der Waals surface area contributed by atoms with Gasteiger partial charge < -0.3 is 24.3 Å². The molecule has 3 rings (SSSR count). The molecule has 0 aliphatic heterocycles. The number of benzene rings is 2. The Morgan fingerprint density at radius 2 is 1.75 bits per heavy atom. The lowest BCUT2D eigenvalue weighted by Gasteiger charge is -2.18. The van der Waals surface area contributed by atoms with Crippen molar-refractivity contribution in [3.63, 3.8) is 0 Å². The zero-order chi connectivity index (χ0) is 20.1. The Balaban J connectivity index is 1.97. The fourth-order valence-corrected chi connectivity index (χ4v) is 3.17. The van der Waals surface area contributed by atoms with E-state index in [9.17, 15) is 15.0 Å². The van der Waals surface area contributed by atoms with Crippen LogP contribution in [0.25, 0.3) is 22.3 Å². The van der Waals surface area contributed by atoms with Crippen molar-refractivity contribution in [3.05, 3.63) is 52.7 Å². The van der Waals surface area contributed by atoms with Crippen LogP contribution in [0.4, 0.5) is 0 Å².